The highest BCUT2D eigenvalue weighted by Gasteiger charge is 2.24. The summed E-state index contributed by atoms with van der Waals surface area (Å²) in [5.41, 5.74) is 1.25. The zero-order chi connectivity index (χ0) is 9.97. The molecule has 0 saturated carbocycles. The van der Waals surface area contributed by atoms with Gasteiger partial charge in [0.15, 0.2) is 0 Å². The number of piperidine rings is 1. The minimum absolute atomic E-state index is 0.289. The number of likely N-dealkylation sites (tertiary alicyclic amines) is 1. The first-order valence-electron chi connectivity index (χ1n) is 5.04. The van der Waals surface area contributed by atoms with E-state index in [-0.39, 0.29) is 6.04 Å². The lowest BCUT2D eigenvalue weighted by Crippen LogP contribution is -2.33. The normalized spacial score (nSPS) is 23.8. The molecule has 0 amide bonds. The Labute approximate surface area is 84.5 Å². The number of benzene rings is 1. The monoisotopic (exact) mass is 189 g/mol. The van der Waals surface area contributed by atoms with Crippen molar-refractivity contribution in [1.29, 1.82) is 0 Å². The molecule has 1 heterocycles. The van der Waals surface area contributed by atoms with Gasteiger partial charge in [-0.25, -0.2) is 0 Å². The highest BCUT2D eigenvalue weighted by atomic mass is 16.1. The third kappa shape index (κ3) is 1.85. The van der Waals surface area contributed by atoms with Crippen LogP contribution in [0.2, 0.25) is 0 Å². The van der Waals surface area contributed by atoms with Crippen molar-refractivity contribution in [2.45, 2.75) is 18.9 Å². The molecule has 0 bridgehead atoms. The molecule has 1 fully saturated rings. The number of hydrogen-bond acceptors (Lipinski definition) is 2. The van der Waals surface area contributed by atoms with Crippen LogP contribution in [0.3, 0.4) is 0 Å². The number of carbonyl (C=O) groups excluding carboxylic acids is 1. The summed E-state index contributed by atoms with van der Waals surface area (Å²) in [6.45, 7) is 0.887. The Morgan fingerprint density at radius 1 is 1.29 bits per heavy atom. The van der Waals surface area contributed by atoms with E-state index < -0.39 is 0 Å². The predicted molar refractivity (Wildman–Crippen MR) is 56.1 cm³/mol. The zero-order valence-corrected chi connectivity index (χ0v) is 8.44. The van der Waals surface area contributed by atoms with Gasteiger partial charge in [-0.3, -0.25) is 9.69 Å². The molecule has 0 N–H and O–H groups in total. The van der Waals surface area contributed by atoms with Crippen LogP contribution in [0.1, 0.15) is 24.4 Å². The second kappa shape index (κ2) is 3.93. The maximum Gasteiger partial charge on any atom is 0.136 e. The van der Waals surface area contributed by atoms with Gasteiger partial charge in [0, 0.05) is 25.4 Å². The Balaban J connectivity index is 2.20. The van der Waals surface area contributed by atoms with E-state index >= 15 is 0 Å². The first-order chi connectivity index (χ1) is 6.77. The molecular weight excluding hydrogens is 174 g/mol. The summed E-state index contributed by atoms with van der Waals surface area (Å²) in [6, 6.07) is 10.6. The van der Waals surface area contributed by atoms with Gasteiger partial charge in [-0.2, -0.15) is 0 Å². The summed E-state index contributed by atoms with van der Waals surface area (Å²) in [5.74, 6) is 0.386. The molecule has 1 aromatic carbocycles. The maximum absolute atomic E-state index is 11.4. The van der Waals surface area contributed by atoms with Gasteiger partial charge in [-0.15, -0.1) is 0 Å². The topological polar surface area (TPSA) is 20.3 Å². The van der Waals surface area contributed by atoms with Gasteiger partial charge < -0.3 is 0 Å². The summed E-state index contributed by atoms with van der Waals surface area (Å²) in [7, 11) is 2.09. The van der Waals surface area contributed by atoms with Crippen molar-refractivity contribution >= 4 is 5.78 Å². The average Bonchev–Trinajstić information content (AvgIpc) is 2.23. The third-order valence-corrected chi connectivity index (χ3v) is 2.88. The summed E-state index contributed by atoms with van der Waals surface area (Å²) in [5, 5.41) is 0. The Kier molecular flexibility index (Phi) is 2.64. The molecule has 2 nitrogen and oxygen atoms in total. The SMILES string of the molecule is CN1CCC(=O)C[C@@H]1c1ccccc1. The quantitative estimate of drug-likeness (QED) is 0.673. The van der Waals surface area contributed by atoms with E-state index in [0.717, 1.165) is 6.54 Å². The van der Waals surface area contributed by atoms with Crippen molar-refractivity contribution in [3.63, 3.8) is 0 Å². The van der Waals surface area contributed by atoms with Gasteiger partial charge in [0.1, 0.15) is 5.78 Å². The Hall–Kier alpha value is -1.15. The van der Waals surface area contributed by atoms with E-state index in [1.165, 1.54) is 5.56 Å². The van der Waals surface area contributed by atoms with Crippen molar-refractivity contribution in [2.24, 2.45) is 0 Å². The fourth-order valence-electron chi connectivity index (χ4n) is 1.98. The van der Waals surface area contributed by atoms with E-state index in [9.17, 15) is 4.79 Å². The summed E-state index contributed by atoms with van der Waals surface area (Å²) < 4.78 is 0. The van der Waals surface area contributed by atoms with Crippen molar-refractivity contribution in [3.8, 4) is 0 Å². The lowest BCUT2D eigenvalue weighted by atomic mass is 9.95. The highest BCUT2D eigenvalue weighted by molar-refractivity contribution is 5.80. The summed E-state index contributed by atoms with van der Waals surface area (Å²) >= 11 is 0. The smallest absolute Gasteiger partial charge is 0.136 e. The number of hydrogen-bond donors (Lipinski definition) is 0. The van der Waals surface area contributed by atoms with Gasteiger partial charge in [0.25, 0.3) is 0 Å². The molecule has 74 valence electrons. The second-order valence-electron chi connectivity index (χ2n) is 3.90. The molecule has 0 radical (unpaired) electrons. The van der Waals surface area contributed by atoms with E-state index in [2.05, 4.69) is 24.1 Å². The van der Waals surface area contributed by atoms with E-state index in [4.69, 9.17) is 0 Å². The Bertz CT molecular complexity index is 320. The number of Topliss-reactive ketones (excluding diaryl/α,β-unsaturated/α-hetero) is 1. The fourth-order valence-corrected chi connectivity index (χ4v) is 1.98. The molecule has 0 unspecified atom stereocenters. The van der Waals surface area contributed by atoms with Crippen LogP contribution in [-0.2, 0) is 4.79 Å². The highest BCUT2D eigenvalue weighted by Crippen LogP contribution is 2.27. The molecule has 1 aliphatic heterocycles. The van der Waals surface area contributed by atoms with Crippen LogP contribution in [0.15, 0.2) is 30.3 Å². The number of rotatable bonds is 1. The average molecular weight is 189 g/mol. The van der Waals surface area contributed by atoms with Crippen LogP contribution in [0.25, 0.3) is 0 Å². The molecule has 0 spiro atoms. The molecule has 0 aromatic heterocycles. The third-order valence-electron chi connectivity index (χ3n) is 2.88. The Morgan fingerprint density at radius 2 is 2.00 bits per heavy atom. The molecule has 2 heteroatoms. The molecule has 1 aliphatic rings. The van der Waals surface area contributed by atoms with Gasteiger partial charge in [-0.05, 0) is 12.6 Å². The predicted octanol–water partition coefficient (Wildman–Crippen LogP) is 2.02. The molecule has 1 aromatic rings. The second-order valence-corrected chi connectivity index (χ2v) is 3.90. The first-order valence-corrected chi connectivity index (χ1v) is 5.04. The van der Waals surface area contributed by atoms with E-state index in [1.54, 1.807) is 0 Å². The van der Waals surface area contributed by atoms with Crippen LogP contribution < -0.4 is 0 Å². The van der Waals surface area contributed by atoms with Crippen LogP contribution in [0.4, 0.5) is 0 Å². The molecule has 1 saturated heterocycles. The lowest BCUT2D eigenvalue weighted by molar-refractivity contribution is -0.122. The minimum atomic E-state index is 0.289. The van der Waals surface area contributed by atoms with Gasteiger partial charge in [-0.1, -0.05) is 30.3 Å². The molecule has 2 rings (SSSR count). The van der Waals surface area contributed by atoms with Crippen molar-refractivity contribution in [2.75, 3.05) is 13.6 Å². The van der Waals surface area contributed by atoms with Crippen LogP contribution in [0, 0.1) is 0 Å². The molecule has 14 heavy (non-hydrogen) atoms. The minimum Gasteiger partial charge on any atom is -0.300 e. The van der Waals surface area contributed by atoms with Crippen molar-refractivity contribution in [3.05, 3.63) is 35.9 Å². The number of ketones is 1. The standard InChI is InChI=1S/C12H15NO/c1-13-8-7-11(14)9-12(13)10-5-3-2-4-6-10/h2-6,12H,7-9H2,1H3/t12-/m1/s1. The van der Waals surface area contributed by atoms with Gasteiger partial charge >= 0.3 is 0 Å². The lowest BCUT2D eigenvalue weighted by Gasteiger charge is -2.31. The van der Waals surface area contributed by atoms with Crippen LogP contribution >= 0.6 is 0 Å². The Morgan fingerprint density at radius 3 is 2.71 bits per heavy atom. The summed E-state index contributed by atoms with van der Waals surface area (Å²) in [4.78, 5) is 13.6. The summed E-state index contributed by atoms with van der Waals surface area (Å²) in [6.07, 6.45) is 1.38. The van der Waals surface area contributed by atoms with E-state index in [1.807, 2.05) is 18.2 Å². The van der Waals surface area contributed by atoms with E-state index in [0.29, 0.717) is 18.6 Å². The maximum atomic E-state index is 11.4. The van der Waals surface area contributed by atoms with Crippen LogP contribution in [0.5, 0.6) is 0 Å². The first kappa shape index (κ1) is 9.41. The number of carbonyl (C=O) groups is 1. The fraction of sp³-hybridized carbons (Fsp3) is 0.417. The van der Waals surface area contributed by atoms with Crippen LogP contribution in [-0.4, -0.2) is 24.3 Å². The van der Waals surface area contributed by atoms with Crippen molar-refractivity contribution < 1.29 is 4.79 Å². The molecule has 1 atom stereocenters. The molecule has 0 aliphatic carbocycles. The zero-order valence-electron chi connectivity index (χ0n) is 8.44. The number of nitrogens with zero attached hydrogens (tertiary/aromatic N) is 1. The molecular formula is C12H15NO. The largest absolute Gasteiger partial charge is 0.300 e. The van der Waals surface area contributed by atoms with Crippen molar-refractivity contribution in [1.82, 2.24) is 4.90 Å². The van der Waals surface area contributed by atoms with Gasteiger partial charge in [0.2, 0.25) is 0 Å². The van der Waals surface area contributed by atoms with Gasteiger partial charge in [0.05, 0.1) is 0 Å².